The zero-order valence-corrected chi connectivity index (χ0v) is 26.4. The molecule has 5 fully saturated rings. The second-order valence-electron chi connectivity index (χ2n) is 14.6. The summed E-state index contributed by atoms with van der Waals surface area (Å²) in [5.74, 6) is 7.85. The Balaban J connectivity index is 1.21. The van der Waals surface area contributed by atoms with Crippen molar-refractivity contribution in [3.8, 4) is 0 Å². The summed E-state index contributed by atoms with van der Waals surface area (Å²) in [4.78, 5) is 2.96. The van der Waals surface area contributed by atoms with E-state index in [1.165, 1.54) is 101 Å². The molecule has 3 aromatic rings. The Labute approximate surface area is 256 Å². The van der Waals surface area contributed by atoms with Gasteiger partial charge in [-0.05, 0) is 110 Å². The highest BCUT2D eigenvalue weighted by atomic mass is 31.1. The van der Waals surface area contributed by atoms with E-state index in [-0.39, 0.29) is 0 Å². The fraction of sp³-hybridized carbons (Fsp3) is 0.550. The van der Waals surface area contributed by atoms with Gasteiger partial charge in [-0.15, -0.1) is 0 Å². The maximum absolute atomic E-state index is 2.96. The Morgan fingerprint density at radius 3 is 1.45 bits per heavy atom. The van der Waals surface area contributed by atoms with Gasteiger partial charge < -0.3 is 4.90 Å². The molecule has 3 aromatic carbocycles. The first-order valence-electron chi connectivity index (χ1n) is 17.6. The summed E-state index contributed by atoms with van der Waals surface area (Å²) < 4.78 is 0. The zero-order valence-electron chi connectivity index (χ0n) is 25.5. The molecule has 5 aliphatic rings. The molecule has 2 heteroatoms. The molecule has 0 amide bonds. The van der Waals surface area contributed by atoms with Gasteiger partial charge in [0.25, 0.3) is 0 Å². The van der Waals surface area contributed by atoms with Gasteiger partial charge in [-0.25, -0.2) is 0 Å². The van der Waals surface area contributed by atoms with Crippen LogP contribution < -0.4 is 20.8 Å². The number of para-hydroxylation sites is 1. The minimum absolute atomic E-state index is 0.606. The van der Waals surface area contributed by atoms with E-state index in [2.05, 4.69) is 89.8 Å². The van der Waals surface area contributed by atoms with Crippen LogP contribution >= 0.6 is 7.92 Å². The van der Waals surface area contributed by atoms with E-state index in [0.717, 1.165) is 47.3 Å². The van der Waals surface area contributed by atoms with Crippen molar-refractivity contribution in [2.45, 2.75) is 77.0 Å². The molecule has 0 radical (unpaired) electrons. The SMILES string of the molecule is c1ccc(P(c2ccccc2)c2ccccc2N2C[C@H]3CCC4CCCCC4C3C3C4CCCCC4CC[C@@H]3C2)cc1. The average molecular weight is 576 g/mol. The first-order valence-corrected chi connectivity index (χ1v) is 18.9. The lowest BCUT2D eigenvalue weighted by Gasteiger charge is -2.55. The van der Waals surface area contributed by atoms with E-state index >= 15 is 0 Å². The van der Waals surface area contributed by atoms with E-state index in [9.17, 15) is 0 Å². The Morgan fingerprint density at radius 2 is 0.905 bits per heavy atom. The third-order valence-electron chi connectivity index (χ3n) is 12.7. The second kappa shape index (κ2) is 12.1. The zero-order chi connectivity index (χ0) is 27.9. The van der Waals surface area contributed by atoms with Crippen LogP contribution in [0.4, 0.5) is 5.69 Å². The Morgan fingerprint density at radius 1 is 0.452 bits per heavy atom. The van der Waals surface area contributed by atoms with Crippen molar-refractivity contribution in [2.75, 3.05) is 18.0 Å². The second-order valence-corrected chi connectivity index (χ2v) is 16.8. The minimum Gasteiger partial charge on any atom is -0.370 e. The lowest BCUT2D eigenvalue weighted by molar-refractivity contribution is -0.0556. The molecule has 1 saturated heterocycles. The predicted octanol–water partition coefficient (Wildman–Crippen LogP) is 8.93. The van der Waals surface area contributed by atoms with E-state index in [4.69, 9.17) is 0 Å². The van der Waals surface area contributed by atoms with Crippen molar-refractivity contribution >= 4 is 29.5 Å². The molecule has 220 valence electrons. The van der Waals surface area contributed by atoms with E-state index in [0.29, 0.717) is 0 Å². The first kappa shape index (κ1) is 27.4. The van der Waals surface area contributed by atoms with Crippen LogP contribution in [0, 0.1) is 47.3 Å². The van der Waals surface area contributed by atoms with Crippen molar-refractivity contribution in [1.29, 1.82) is 0 Å². The van der Waals surface area contributed by atoms with Gasteiger partial charge >= 0.3 is 0 Å². The van der Waals surface area contributed by atoms with Gasteiger partial charge in [0, 0.05) is 24.1 Å². The molecule has 0 N–H and O–H groups in total. The maximum atomic E-state index is 2.96. The van der Waals surface area contributed by atoms with Gasteiger partial charge in [0.1, 0.15) is 0 Å². The molecule has 1 aliphatic heterocycles. The summed E-state index contributed by atoms with van der Waals surface area (Å²) in [5, 5.41) is 4.52. The Kier molecular flexibility index (Phi) is 7.91. The first-order chi connectivity index (χ1) is 20.8. The highest BCUT2D eigenvalue weighted by Gasteiger charge is 2.53. The van der Waals surface area contributed by atoms with E-state index in [1.807, 2.05) is 0 Å². The largest absolute Gasteiger partial charge is 0.370 e. The summed E-state index contributed by atoms with van der Waals surface area (Å²) in [7, 11) is -0.606. The van der Waals surface area contributed by atoms with Crippen molar-refractivity contribution in [1.82, 2.24) is 0 Å². The molecule has 0 bridgehead atoms. The van der Waals surface area contributed by atoms with Crippen molar-refractivity contribution in [2.24, 2.45) is 47.3 Å². The molecule has 1 nitrogen and oxygen atoms in total. The van der Waals surface area contributed by atoms with Crippen LogP contribution in [0.3, 0.4) is 0 Å². The molecule has 4 saturated carbocycles. The topological polar surface area (TPSA) is 3.24 Å². The molecule has 42 heavy (non-hydrogen) atoms. The van der Waals surface area contributed by atoms with Crippen LogP contribution in [-0.4, -0.2) is 13.1 Å². The standard InChI is InChI=1S/C40H50NP/c1-3-15-33(16-4-1)42(34-17-5-2-6-18-34)38-22-12-11-21-37(38)41-27-31-25-23-29-13-7-9-19-35(29)39(31)40-32(28-41)26-24-30-14-8-10-20-36(30)40/h1-6,11-12,15-18,21-22,29-32,35-36,39-40H,7-10,13-14,19-20,23-28H2/t29?,30?,31-,32-,35?,36?,39?,40?/m1/s1. The highest BCUT2D eigenvalue weighted by molar-refractivity contribution is 7.80. The number of fused-ring (bicyclic) bond motifs is 7. The third-order valence-corrected chi connectivity index (χ3v) is 15.2. The molecule has 0 spiro atoms. The monoisotopic (exact) mass is 575 g/mol. The van der Waals surface area contributed by atoms with Crippen molar-refractivity contribution < 1.29 is 0 Å². The fourth-order valence-electron chi connectivity index (χ4n) is 11.1. The van der Waals surface area contributed by atoms with Gasteiger partial charge in [0.15, 0.2) is 0 Å². The average Bonchev–Trinajstić information content (AvgIpc) is 3.23. The molecule has 6 unspecified atom stereocenters. The normalized spacial score (nSPS) is 34.5. The summed E-state index contributed by atoms with van der Waals surface area (Å²) in [6.07, 6.45) is 18.1. The molecular weight excluding hydrogens is 525 g/mol. The van der Waals surface area contributed by atoms with Crippen molar-refractivity contribution in [3.63, 3.8) is 0 Å². The van der Waals surface area contributed by atoms with Gasteiger partial charge in [0.2, 0.25) is 0 Å². The smallest absolute Gasteiger partial charge is 0.0451 e. The number of rotatable bonds is 4. The molecular formula is C40H50NP. The molecule has 1 heterocycles. The number of hydrogen-bond donors (Lipinski definition) is 0. The number of anilines is 1. The van der Waals surface area contributed by atoms with Crippen molar-refractivity contribution in [3.05, 3.63) is 84.9 Å². The van der Waals surface area contributed by atoms with Gasteiger partial charge in [-0.2, -0.15) is 0 Å². The van der Waals surface area contributed by atoms with Gasteiger partial charge in [-0.3, -0.25) is 0 Å². The van der Waals surface area contributed by atoms with Crippen LogP contribution in [0.5, 0.6) is 0 Å². The van der Waals surface area contributed by atoms with E-state index in [1.54, 1.807) is 11.0 Å². The summed E-state index contributed by atoms with van der Waals surface area (Å²) in [6, 6.07) is 32.4. The quantitative estimate of drug-likeness (QED) is 0.281. The van der Waals surface area contributed by atoms with Gasteiger partial charge in [0.05, 0.1) is 0 Å². The Hall–Kier alpha value is -2.11. The van der Waals surface area contributed by atoms with Crippen LogP contribution in [0.2, 0.25) is 0 Å². The molecule has 8 atom stereocenters. The summed E-state index contributed by atoms with van der Waals surface area (Å²) in [6.45, 7) is 2.59. The van der Waals surface area contributed by atoms with Gasteiger partial charge in [-0.1, -0.05) is 117 Å². The molecule has 0 aromatic heterocycles. The maximum Gasteiger partial charge on any atom is 0.0451 e. The number of hydrogen-bond acceptors (Lipinski definition) is 1. The number of nitrogens with zero attached hydrogens (tertiary/aromatic N) is 1. The van der Waals surface area contributed by atoms with Crippen LogP contribution in [0.25, 0.3) is 0 Å². The molecule has 8 rings (SSSR count). The molecule has 4 aliphatic carbocycles. The fourth-order valence-corrected chi connectivity index (χ4v) is 13.6. The highest BCUT2D eigenvalue weighted by Crippen LogP contribution is 2.59. The van der Waals surface area contributed by atoms with E-state index < -0.39 is 7.92 Å². The lowest BCUT2D eigenvalue weighted by Crippen LogP contribution is -2.48. The lowest BCUT2D eigenvalue weighted by atomic mass is 9.50. The predicted molar refractivity (Wildman–Crippen MR) is 181 cm³/mol. The number of benzene rings is 3. The van der Waals surface area contributed by atoms with Crippen LogP contribution in [0.15, 0.2) is 84.9 Å². The van der Waals surface area contributed by atoms with Crippen LogP contribution in [-0.2, 0) is 0 Å². The minimum atomic E-state index is -0.606. The van der Waals surface area contributed by atoms with Crippen LogP contribution in [0.1, 0.15) is 77.0 Å². The summed E-state index contributed by atoms with van der Waals surface area (Å²) >= 11 is 0. The summed E-state index contributed by atoms with van der Waals surface area (Å²) in [5.41, 5.74) is 1.55. The third kappa shape index (κ3) is 5.07. The Bertz CT molecular complexity index is 1240.